The molecule has 1 fully saturated rings. The molecule has 2 aromatic carbocycles. The Balaban J connectivity index is 1.91. The average Bonchev–Trinajstić information content (AvgIpc) is 3.24. The van der Waals surface area contributed by atoms with Crippen molar-refractivity contribution in [1.82, 2.24) is 0 Å². The minimum atomic E-state index is -0.903. The Morgan fingerprint density at radius 3 is 2.35 bits per heavy atom. The van der Waals surface area contributed by atoms with Gasteiger partial charge in [-0.2, -0.15) is 5.26 Å². The maximum absolute atomic E-state index is 9.49. The van der Waals surface area contributed by atoms with Crippen LogP contribution in [-0.4, -0.2) is 7.11 Å². The maximum Gasteiger partial charge on any atom is 0.210 e. The van der Waals surface area contributed by atoms with Gasteiger partial charge in [-0.15, -0.1) is 0 Å². The molecule has 0 aliphatic carbocycles. The summed E-state index contributed by atoms with van der Waals surface area (Å²) < 4.78 is 10.8. The Morgan fingerprint density at radius 2 is 1.80 bits per heavy atom. The molecule has 2 atom stereocenters. The predicted molar refractivity (Wildman–Crippen MR) is 75.6 cm³/mol. The van der Waals surface area contributed by atoms with Crippen molar-refractivity contribution in [2.24, 2.45) is 0 Å². The molecule has 100 valence electrons. The van der Waals surface area contributed by atoms with E-state index in [0.717, 1.165) is 16.9 Å². The molecule has 4 heteroatoms. The minimum Gasteiger partial charge on any atom is -0.497 e. The second-order valence-electron chi connectivity index (χ2n) is 4.63. The summed E-state index contributed by atoms with van der Waals surface area (Å²) in [5.74, 6) is 0.755. The molecule has 1 heterocycles. The molecule has 3 nitrogen and oxygen atoms in total. The number of hydrogen-bond donors (Lipinski definition) is 0. The quantitative estimate of drug-likeness (QED) is 0.805. The summed E-state index contributed by atoms with van der Waals surface area (Å²) in [6.07, 6.45) is -0.252. The second-order valence-corrected chi connectivity index (χ2v) is 5.06. The standard InChI is InChI=1S/C16H12ClNO2/c1-19-14-8-4-12(5-9-14)16(10-18)15(20-16)11-2-6-13(17)7-3-11/h2-9,15H,1H3. The summed E-state index contributed by atoms with van der Waals surface area (Å²) in [4.78, 5) is 0. The van der Waals surface area contributed by atoms with Crippen molar-refractivity contribution in [2.75, 3.05) is 7.11 Å². The van der Waals surface area contributed by atoms with Crippen molar-refractivity contribution < 1.29 is 9.47 Å². The van der Waals surface area contributed by atoms with Crippen LogP contribution in [0, 0.1) is 11.3 Å². The molecule has 3 rings (SSSR count). The van der Waals surface area contributed by atoms with Gasteiger partial charge in [0.1, 0.15) is 17.9 Å². The van der Waals surface area contributed by atoms with E-state index in [9.17, 15) is 5.26 Å². The number of halogens is 1. The molecule has 0 N–H and O–H groups in total. The summed E-state index contributed by atoms with van der Waals surface area (Å²) >= 11 is 5.87. The van der Waals surface area contributed by atoms with E-state index in [-0.39, 0.29) is 6.10 Å². The Labute approximate surface area is 122 Å². The van der Waals surface area contributed by atoms with Crippen LogP contribution in [0.2, 0.25) is 5.02 Å². The number of methoxy groups -OCH3 is 1. The summed E-state index contributed by atoms with van der Waals surface area (Å²) in [6, 6.07) is 17.0. The first-order chi connectivity index (χ1) is 9.69. The molecule has 1 aliphatic heterocycles. The molecule has 1 aliphatic rings. The first kappa shape index (κ1) is 13.0. The van der Waals surface area contributed by atoms with E-state index >= 15 is 0 Å². The summed E-state index contributed by atoms with van der Waals surface area (Å²) in [5, 5.41) is 10.2. The van der Waals surface area contributed by atoms with Gasteiger partial charge in [-0.25, -0.2) is 0 Å². The molecule has 0 aromatic heterocycles. The summed E-state index contributed by atoms with van der Waals surface area (Å²) in [7, 11) is 1.61. The Hall–Kier alpha value is -2.02. The van der Waals surface area contributed by atoms with Crippen LogP contribution >= 0.6 is 11.6 Å². The molecule has 20 heavy (non-hydrogen) atoms. The molecule has 0 spiro atoms. The lowest BCUT2D eigenvalue weighted by Crippen LogP contribution is -2.06. The molecule has 0 saturated carbocycles. The third-order valence-electron chi connectivity index (χ3n) is 3.47. The fraction of sp³-hybridized carbons (Fsp3) is 0.188. The highest BCUT2D eigenvalue weighted by Crippen LogP contribution is 2.56. The zero-order chi connectivity index (χ0) is 14.2. The van der Waals surface area contributed by atoms with Gasteiger partial charge in [0.2, 0.25) is 5.60 Å². The van der Waals surface area contributed by atoms with Crippen molar-refractivity contribution in [3.05, 3.63) is 64.7 Å². The third-order valence-corrected chi connectivity index (χ3v) is 3.73. The number of hydrogen-bond acceptors (Lipinski definition) is 3. The number of nitriles is 1. The molecule has 0 amide bonds. The van der Waals surface area contributed by atoms with Gasteiger partial charge >= 0.3 is 0 Å². The van der Waals surface area contributed by atoms with Crippen LogP contribution in [0.5, 0.6) is 5.75 Å². The highest BCUT2D eigenvalue weighted by atomic mass is 35.5. The highest BCUT2D eigenvalue weighted by molar-refractivity contribution is 6.30. The van der Waals surface area contributed by atoms with Crippen molar-refractivity contribution in [3.8, 4) is 11.8 Å². The Bertz CT molecular complexity index is 660. The number of epoxide rings is 1. The van der Waals surface area contributed by atoms with Gasteiger partial charge in [-0.3, -0.25) is 0 Å². The smallest absolute Gasteiger partial charge is 0.210 e. The first-order valence-corrected chi connectivity index (χ1v) is 6.56. The summed E-state index contributed by atoms with van der Waals surface area (Å²) in [5.41, 5.74) is 0.882. The van der Waals surface area contributed by atoms with Gasteiger partial charge in [-0.1, -0.05) is 35.9 Å². The molecule has 0 bridgehead atoms. The normalized spacial score (nSPS) is 23.9. The molecular formula is C16H12ClNO2. The van der Waals surface area contributed by atoms with E-state index in [4.69, 9.17) is 21.1 Å². The van der Waals surface area contributed by atoms with Crippen molar-refractivity contribution in [1.29, 1.82) is 5.26 Å². The van der Waals surface area contributed by atoms with Gasteiger partial charge in [0.05, 0.1) is 7.11 Å². The van der Waals surface area contributed by atoms with E-state index in [0.29, 0.717) is 5.02 Å². The molecule has 2 aromatic rings. The summed E-state index contributed by atoms with van der Waals surface area (Å²) in [6.45, 7) is 0. The van der Waals surface area contributed by atoms with E-state index in [2.05, 4.69) is 6.07 Å². The number of ether oxygens (including phenoxy) is 2. The lowest BCUT2D eigenvalue weighted by molar-refractivity contribution is 0.340. The monoisotopic (exact) mass is 285 g/mol. The van der Waals surface area contributed by atoms with E-state index < -0.39 is 5.60 Å². The van der Waals surface area contributed by atoms with Crippen LogP contribution in [0.4, 0.5) is 0 Å². The lowest BCUT2D eigenvalue weighted by atomic mass is 9.93. The fourth-order valence-electron chi connectivity index (χ4n) is 2.30. The van der Waals surface area contributed by atoms with Crippen molar-refractivity contribution >= 4 is 11.6 Å². The van der Waals surface area contributed by atoms with E-state index in [1.54, 1.807) is 19.2 Å². The fourth-order valence-corrected chi connectivity index (χ4v) is 2.43. The SMILES string of the molecule is COc1ccc(C2(C#N)OC2c2ccc(Cl)cc2)cc1. The number of nitrogens with zero attached hydrogens (tertiary/aromatic N) is 1. The van der Waals surface area contributed by atoms with Gasteiger partial charge in [0.25, 0.3) is 0 Å². The second kappa shape index (κ2) is 4.82. The first-order valence-electron chi connectivity index (χ1n) is 6.18. The maximum atomic E-state index is 9.49. The van der Waals surface area contributed by atoms with Crippen LogP contribution in [0.3, 0.4) is 0 Å². The Kier molecular flexibility index (Phi) is 3.13. The highest BCUT2D eigenvalue weighted by Gasteiger charge is 2.59. The van der Waals surface area contributed by atoms with E-state index in [1.165, 1.54) is 0 Å². The average molecular weight is 286 g/mol. The Morgan fingerprint density at radius 1 is 1.15 bits per heavy atom. The van der Waals surface area contributed by atoms with Crippen LogP contribution < -0.4 is 4.74 Å². The third kappa shape index (κ3) is 2.03. The molecule has 0 radical (unpaired) electrons. The van der Waals surface area contributed by atoms with Gasteiger partial charge in [0.15, 0.2) is 0 Å². The number of rotatable bonds is 3. The predicted octanol–water partition coefficient (Wildman–Crippen LogP) is 3.84. The molecule has 1 saturated heterocycles. The van der Waals surface area contributed by atoms with Crippen LogP contribution in [0.1, 0.15) is 17.2 Å². The number of benzene rings is 2. The van der Waals surface area contributed by atoms with Gasteiger partial charge in [0, 0.05) is 10.6 Å². The lowest BCUT2D eigenvalue weighted by Gasteiger charge is -2.06. The van der Waals surface area contributed by atoms with Gasteiger partial charge < -0.3 is 9.47 Å². The topological polar surface area (TPSA) is 45.5 Å². The molecular weight excluding hydrogens is 274 g/mol. The largest absolute Gasteiger partial charge is 0.497 e. The zero-order valence-corrected chi connectivity index (χ0v) is 11.6. The molecule has 2 unspecified atom stereocenters. The van der Waals surface area contributed by atoms with Crippen LogP contribution in [0.25, 0.3) is 0 Å². The van der Waals surface area contributed by atoms with Crippen molar-refractivity contribution in [2.45, 2.75) is 11.7 Å². The van der Waals surface area contributed by atoms with Gasteiger partial charge in [-0.05, 0) is 29.8 Å². The van der Waals surface area contributed by atoms with Crippen molar-refractivity contribution in [3.63, 3.8) is 0 Å². The van der Waals surface area contributed by atoms with Crippen LogP contribution in [-0.2, 0) is 10.3 Å². The van der Waals surface area contributed by atoms with Crippen LogP contribution in [0.15, 0.2) is 48.5 Å². The zero-order valence-electron chi connectivity index (χ0n) is 10.8. The van der Waals surface area contributed by atoms with E-state index in [1.807, 2.05) is 36.4 Å². The minimum absolute atomic E-state index is 0.252.